The maximum atomic E-state index is 15.3. The standard InChI is InChI=1S/C22H21F2N3O5.ClH/c1-31-17-10-26(9-16(17)25)19-15(24)7-13-18(21(19)32-2)27(8-14(20(13)28)22(29)30)12-5-3-11(23)4-6-12;/h3-8,16-17H,9-10,25H2,1-2H3,(H,29,30);1H/t16-,17+;/m1./s1. The molecule has 4 rings (SSSR count). The van der Waals surface area contributed by atoms with Crippen molar-refractivity contribution >= 4 is 35.0 Å². The number of benzene rings is 2. The molecule has 2 aromatic carbocycles. The van der Waals surface area contributed by atoms with Gasteiger partial charge in [0.05, 0.1) is 24.6 Å². The van der Waals surface area contributed by atoms with E-state index in [1.807, 2.05) is 0 Å². The number of fused-ring (bicyclic) bond motifs is 1. The Bertz CT molecular complexity index is 1270. The average molecular weight is 482 g/mol. The van der Waals surface area contributed by atoms with Gasteiger partial charge in [0.2, 0.25) is 5.43 Å². The Morgan fingerprint density at radius 3 is 2.39 bits per heavy atom. The van der Waals surface area contributed by atoms with Crippen LogP contribution in [0.2, 0.25) is 0 Å². The lowest BCUT2D eigenvalue weighted by Crippen LogP contribution is -2.34. The van der Waals surface area contributed by atoms with Gasteiger partial charge in [0.25, 0.3) is 0 Å². The first-order valence-corrected chi connectivity index (χ1v) is 9.75. The summed E-state index contributed by atoms with van der Waals surface area (Å²) in [6.07, 6.45) is 0.793. The van der Waals surface area contributed by atoms with Crippen LogP contribution >= 0.6 is 12.4 Å². The zero-order valence-electron chi connectivity index (χ0n) is 17.7. The zero-order chi connectivity index (χ0) is 23.2. The van der Waals surface area contributed by atoms with Crippen molar-refractivity contribution in [3.05, 3.63) is 63.9 Å². The molecule has 0 amide bonds. The summed E-state index contributed by atoms with van der Waals surface area (Å²) in [7, 11) is 2.84. The summed E-state index contributed by atoms with van der Waals surface area (Å²) < 4.78 is 41.1. The van der Waals surface area contributed by atoms with E-state index in [4.69, 9.17) is 15.2 Å². The molecule has 3 N–H and O–H groups in total. The van der Waals surface area contributed by atoms with Crippen molar-refractivity contribution in [2.45, 2.75) is 12.1 Å². The number of aromatic carboxylic acids is 1. The minimum absolute atomic E-state index is 0. The number of hydrogen-bond donors (Lipinski definition) is 2. The lowest BCUT2D eigenvalue weighted by Gasteiger charge is -2.24. The first-order chi connectivity index (χ1) is 15.3. The third-order valence-corrected chi connectivity index (χ3v) is 5.64. The summed E-state index contributed by atoms with van der Waals surface area (Å²) in [6.45, 7) is 0.579. The van der Waals surface area contributed by atoms with Crippen LogP contribution in [0, 0.1) is 11.6 Å². The Balaban J connectivity index is 0.00000306. The molecule has 0 aliphatic carbocycles. The van der Waals surface area contributed by atoms with Gasteiger partial charge >= 0.3 is 5.97 Å². The first-order valence-electron chi connectivity index (χ1n) is 9.75. The van der Waals surface area contributed by atoms with Crippen LogP contribution in [0.3, 0.4) is 0 Å². The van der Waals surface area contributed by atoms with Gasteiger partial charge in [-0.2, -0.15) is 0 Å². The number of pyridine rings is 1. The molecule has 1 aliphatic rings. The topological polar surface area (TPSA) is 107 Å². The Labute approximate surface area is 193 Å². The van der Waals surface area contributed by atoms with E-state index >= 15 is 4.39 Å². The van der Waals surface area contributed by atoms with Crippen LogP contribution in [0.5, 0.6) is 5.75 Å². The molecule has 1 fully saturated rings. The van der Waals surface area contributed by atoms with E-state index in [0.717, 1.165) is 12.3 Å². The third kappa shape index (κ3) is 4.12. The van der Waals surface area contributed by atoms with Crippen molar-refractivity contribution in [2.75, 3.05) is 32.2 Å². The van der Waals surface area contributed by atoms with E-state index in [0.29, 0.717) is 12.2 Å². The van der Waals surface area contributed by atoms with Gasteiger partial charge in [-0.1, -0.05) is 0 Å². The Hall–Kier alpha value is -3.21. The molecule has 33 heavy (non-hydrogen) atoms. The summed E-state index contributed by atoms with van der Waals surface area (Å²) >= 11 is 0. The number of anilines is 1. The maximum absolute atomic E-state index is 15.3. The Morgan fingerprint density at radius 1 is 1.18 bits per heavy atom. The highest BCUT2D eigenvalue weighted by molar-refractivity contribution is 5.97. The summed E-state index contributed by atoms with van der Waals surface area (Å²) in [4.78, 5) is 26.2. The van der Waals surface area contributed by atoms with Crippen LogP contribution in [0.1, 0.15) is 10.4 Å². The number of halogens is 3. The molecular formula is C22H22ClF2N3O5. The van der Waals surface area contributed by atoms with E-state index in [-0.39, 0.29) is 53.4 Å². The highest BCUT2D eigenvalue weighted by atomic mass is 35.5. The van der Waals surface area contributed by atoms with Crippen LogP contribution in [-0.2, 0) is 4.74 Å². The molecule has 2 heterocycles. The van der Waals surface area contributed by atoms with Crippen LogP contribution < -0.4 is 20.8 Å². The fourth-order valence-corrected chi connectivity index (χ4v) is 4.09. The zero-order valence-corrected chi connectivity index (χ0v) is 18.6. The van der Waals surface area contributed by atoms with Gasteiger partial charge in [0.1, 0.15) is 22.6 Å². The number of carbonyl (C=O) groups is 1. The van der Waals surface area contributed by atoms with Crippen LogP contribution in [-0.4, -0.2) is 55.1 Å². The van der Waals surface area contributed by atoms with E-state index in [9.17, 15) is 19.1 Å². The van der Waals surface area contributed by atoms with Crippen molar-refractivity contribution < 1.29 is 28.2 Å². The monoisotopic (exact) mass is 481 g/mol. The van der Waals surface area contributed by atoms with E-state index in [2.05, 4.69) is 0 Å². The molecule has 8 nitrogen and oxygen atoms in total. The summed E-state index contributed by atoms with van der Waals surface area (Å²) in [6, 6.07) is 5.85. The van der Waals surface area contributed by atoms with Crippen LogP contribution in [0.4, 0.5) is 14.5 Å². The minimum atomic E-state index is -1.47. The summed E-state index contributed by atoms with van der Waals surface area (Å²) in [5.74, 6) is -2.69. The van der Waals surface area contributed by atoms with Gasteiger partial charge < -0.3 is 29.8 Å². The number of carboxylic acids is 1. The Kier molecular flexibility index (Phi) is 6.92. The molecular weight excluding hydrogens is 460 g/mol. The first kappa shape index (κ1) is 24.4. The predicted octanol–water partition coefficient (Wildman–Crippen LogP) is 2.56. The van der Waals surface area contributed by atoms with Crippen LogP contribution in [0.15, 0.2) is 41.3 Å². The fourth-order valence-electron chi connectivity index (χ4n) is 4.09. The molecule has 1 aliphatic heterocycles. The summed E-state index contributed by atoms with van der Waals surface area (Å²) in [5.41, 5.74) is 5.28. The van der Waals surface area contributed by atoms with E-state index < -0.39 is 28.6 Å². The van der Waals surface area contributed by atoms with Gasteiger partial charge in [-0.05, 0) is 30.3 Å². The number of methoxy groups -OCH3 is 2. The number of rotatable bonds is 5. The second-order valence-corrected chi connectivity index (χ2v) is 7.50. The molecule has 0 saturated carbocycles. The van der Waals surface area contributed by atoms with Gasteiger partial charge in [-0.3, -0.25) is 4.79 Å². The molecule has 11 heteroatoms. The second-order valence-electron chi connectivity index (χ2n) is 7.50. The largest absolute Gasteiger partial charge is 0.492 e. The van der Waals surface area contributed by atoms with E-state index in [1.54, 1.807) is 4.90 Å². The lowest BCUT2D eigenvalue weighted by molar-refractivity contribution is 0.0695. The number of ether oxygens (including phenoxy) is 2. The molecule has 0 spiro atoms. The van der Waals surface area contributed by atoms with Crippen molar-refractivity contribution in [2.24, 2.45) is 5.73 Å². The highest BCUT2D eigenvalue weighted by Gasteiger charge is 2.34. The molecule has 0 radical (unpaired) electrons. The predicted molar refractivity (Wildman–Crippen MR) is 121 cm³/mol. The van der Waals surface area contributed by atoms with Gasteiger partial charge in [0, 0.05) is 32.1 Å². The number of hydrogen-bond acceptors (Lipinski definition) is 6. The SMILES string of the molecule is COc1c(N2C[C@@H](N)[C@@H](OC)C2)c(F)cc2c(=O)c(C(=O)O)cn(-c3ccc(F)cc3)c12.Cl. The smallest absolute Gasteiger partial charge is 0.341 e. The number of aromatic nitrogens is 1. The minimum Gasteiger partial charge on any atom is -0.492 e. The van der Waals surface area contributed by atoms with E-state index in [1.165, 1.54) is 43.1 Å². The van der Waals surface area contributed by atoms with Crippen molar-refractivity contribution in [1.82, 2.24) is 4.57 Å². The highest BCUT2D eigenvalue weighted by Crippen LogP contribution is 2.40. The Morgan fingerprint density at radius 2 is 1.85 bits per heavy atom. The van der Waals surface area contributed by atoms with Crippen molar-refractivity contribution in [3.8, 4) is 11.4 Å². The van der Waals surface area contributed by atoms with Gasteiger partial charge in [-0.25, -0.2) is 13.6 Å². The van der Waals surface area contributed by atoms with Gasteiger partial charge in [0.15, 0.2) is 11.6 Å². The van der Waals surface area contributed by atoms with Crippen molar-refractivity contribution in [1.29, 1.82) is 0 Å². The molecule has 0 unspecified atom stereocenters. The lowest BCUT2D eigenvalue weighted by atomic mass is 10.1. The maximum Gasteiger partial charge on any atom is 0.341 e. The normalized spacial score (nSPS) is 17.8. The second kappa shape index (κ2) is 9.34. The number of carboxylic acid groups (broad SMARTS) is 1. The molecule has 176 valence electrons. The molecule has 2 atom stereocenters. The molecule has 1 aromatic heterocycles. The van der Waals surface area contributed by atoms with Crippen LogP contribution in [0.25, 0.3) is 16.6 Å². The molecule has 0 bridgehead atoms. The fraction of sp³-hybridized carbons (Fsp3) is 0.273. The third-order valence-electron chi connectivity index (χ3n) is 5.64. The number of nitrogens with zero attached hydrogens (tertiary/aromatic N) is 2. The average Bonchev–Trinajstić information content (AvgIpc) is 3.14. The molecule has 1 saturated heterocycles. The quantitative estimate of drug-likeness (QED) is 0.576. The van der Waals surface area contributed by atoms with Crippen molar-refractivity contribution in [3.63, 3.8) is 0 Å². The molecule has 3 aromatic rings. The summed E-state index contributed by atoms with van der Waals surface area (Å²) in [5, 5.41) is 9.33. The number of nitrogens with two attached hydrogens (primary N) is 1. The van der Waals surface area contributed by atoms with Gasteiger partial charge in [-0.15, -0.1) is 12.4 Å².